The fourth-order valence-electron chi connectivity index (χ4n) is 2.26. The first-order valence-corrected chi connectivity index (χ1v) is 5.79. The largest absolute Gasteiger partial charge is 0.340 e. The highest BCUT2D eigenvalue weighted by atomic mass is 32.2. The molecule has 68 valence electrons. The highest BCUT2D eigenvalue weighted by molar-refractivity contribution is 8.00. The van der Waals surface area contributed by atoms with Crippen LogP contribution in [0.25, 0.3) is 0 Å². The van der Waals surface area contributed by atoms with Crippen LogP contribution in [-0.2, 0) is 4.79 Å². The van der Waals surface area contributed by atoms with E-state index in [9.17, 15) is 4.79 Å². The second-order valence-corrected chi connectivity index (χ2v) is 4.95. The summed E-state index contributed by atoms with van der Waals surface area (Å²) in [6, 6.07) is 0.565. The number of carbonyl (C=O) groups excluding carboxylic acids is 1. The Morgan fingerprint density at radius 3 is 3.00 bits per heavy atom. The van der Waals surface area contributed by atoms with Crippen molar-refractivity contribution >= 4 is 18.2 Å². The Morgan fingerprint density at radius 1 is 1.33 bits per heavy atom. The van der Waals surface area contributed by atoms with E-state index in [4.69, 9.17) is 0 Å². The van der Waals surface area contributed by atoms with Crippen LogP contribution in [0.3, 0.4) is 0 Å². The first kappa shape index (κ1) is 8.42. The summed E-state index contributed by atoms with van der Waals surface area (Å²) in [6.45, 7) is 0.968. The van der Waals surface area contributed by atoms with E-state index in [1.807, 2.05) is 4.90 Å². The molecule has 12 heavy (non-hydrogen) atoms. The summed E-state index contributed by atoms with van der Waals surface area (Å²) in [5.74, 6) is 1.14. The van der Waals surface area contributed by atoms with Crippen LogP contribution in [0.2, 0.25) is 0 Å². The van der Waals surface area contributed by atoms with Gasteiger partial charge in [0.1, 0.15) is 0 Å². The number of rotatable bonds is 1. The third-order valence-electron chi connectivity index (χ3n) is 2.91. The Hall–Kier alpha value is -0.180. The molecular formula is C9H15NOS. The van der Waals surface area contributed by atoms with Gasteiger partial charge in [-0.1, -0.05) is 12.8 Å². The fraction of sp³-hybridized carbons (Fsp3) is 0.889. The smallest absolute Gasteiger partial charge is 0.210 e. The van der Waals surface area contributed by atoms with Gasteiger partial charge in [0.25, 0.3) is 0 Å². The lowest BCUT2D eigenvalue weighted by Gasteiger charge is -2.41. The third kappa shape index (κ3) is 1.47. The van der Waals surface area contributed by atoms with Crippen molar-refractivity contribution in [2.45, 2.75) is 37.0 Å². The first-order valence-electron chi connectivity index (χ1n) is 4.74. The molecule has 1 heterocycles. The fourth-order valence-corrected chi connectivity index (χ4v) is 3.72. The minimum atomic E-state index is 0.565. The Balaban J connectivity index is 2.03. The molecule has 1 amide bonds. The minimum absolute atomic E-state index is 0.565. The zero-order chi connectivity index (χ0) is 8.39. The van der Waals surface area contributed by atoms with Gasteiger partial charge in [-0.15, -0.1) is 0 Å². The Kier molecular flexibility index (Phi) is 2.59. The van der Waals surface area contributed by atoms with E-state index < -0.39 is 0 Å². The van der Waals surface area contributed by atoms with Crippen molar-refractivity contribution in [3.8, 4) is 0 Å². The molecule has 0 aromatic rings. The highest BCUT2D eigenvalue weighted by Gasteiger charge is 2.32. The standard InChI is InChI=1S/C9H15NOS/c11-7-10-5-6-12-9-4-2-1-3-8(9)10/h7-9H,1-6H2. The molecule has 1 aliphatic heterocycles. The van der Waals surface area contributed by atoms with Crippen molar-refractivity contribution in [1.82, 2.24) is 4.90 Å². The predicted molar refractivity (Wildman–Crippen MR) is 51.3 cm³/mol. The monoisotopic (exact) mass is 185 g/mol. The molecule has 3 heteroatoms. The van der Waals surface area contributed by atoms with Gasteiger partial charge in [-0.25, -0.2) is 0 Å². The normalized spacial score (nSPS) is 35.8. The molecule has 0 bridgehead atoms. The number of thioether (sulfide) groups is 1. The van der Waals surface area contributed by atoms with Crippen LogP contribution in [0.1, 0.15) is 25.7 Å². The SMILES string of the molecule is O=CN1CCSC2CCCCC21. The maximum Gasteiger partial charge on any atom is 0.210 e. The molecule has 2 unspecified atom stereocenters. The van der Waals surface area contributed by atoms with Crippen LogP contribution in [0.15, 0.2) is 0 Å². The average Bonchev–Trinajstić information content (AvgIpc) is 2.17. The maximum absolute atomic E-state index is 10.7. The second kappa shape index (κ2) is 3.69. The van der Waals surface area contributed by atoms with Gasteiger partial charge in [-0.05, 0) is 12.8 Å². The molecule has 1 aliphatic carbocycles. The second-order valence-electron chi connectivity index (χ2n) is 3.60. The molecule has 2 rings (SSSR count). The zero-order valence-electron chi connectivity index (χ0n) is 7.24. The molecule has 0 aromatic carbocycles. The summed E-state index contributed by atoms with van der Waals surface area (Å²) in [7, 11) is 0. The van der Waals surface area contributed by atoms with Gasteiger partial charge in [0, 0.05) is 23.6 Å². The van der Waals surface area contributed by atoms with Crippen LogP contribution in [-0.4, -0.2) is 34.9 Å². The van der Waals surface area contributed by atoms with E-state index in [1.54, 1.807) is 0 Å². The lowest BCUT2D eigenvalue weighted by Crippen LogP contribution is -2.48. The number of hydrogen-bond acceptors (Lipinski definition) is 2. The van der Waals surface area contributed by atoms with Crippen molar-refractivity contribution in [1.29, 1.82) is 0 Å². The third-order valence-corrected chi connectivity index (χ3v) is 4.31. The van der Waals surface area contributed by atoms with E-state index in [-0.39, 0.29) is 0 Å². The lowest BCUT2D eigenvalue weighted by atomic mass is 9.93. The number of hydrogen-bond donors (Lipinski definition) is 0. The minimum Gasteiger partial charge on any atom is -0.340 e. The quantitative estimate of drug-likeness (QED) is 0.577. The van der Waals surface area contributed by atoms with Gasteiger partial charge >= 0.3 is 0 Å². The van der Waals surface area contributed by atoms with Gasteiger partial charge in [0.2, 0.25) is 6.41 Å². The number of nitrogens with zero attached hydrogens (tertiary/aromatic N) is 1. The van der Waals surface area contributed by atoms with Gasteiger partial charge in [-0.3, -0.25) is 4.79 Å². The van der Waals surface area contributed by atoms with E-state index in [0.717, 1.165) is 24.0 Å². The maximum atomic E-state index is 10.7. The van der Waals surface area contributed by atoms with Crippen LogP contribution in [0, 0.1) is 0 Å². The first-order chi connectivity index (χ1) is 5.92. The molecule has 0 N–H and O–H groups in total. The molecule has 0 aromatic heterocycles. The molecule has 2 atom stereocenters. The van der Waals surface area contributed by atoms with Crippen LogP contribution in [0.5, 0.6) is 0 Å². The topological polar surface area (TPSA) is 20.3 Å². The molecule has 0 radical (unpaired) electrons. The van der Waals surface area contributed by atoms with Crippen LogP contribution < -0.4 is 0 Å². The molecule has 0 spiro atoms. The van der Waals surface area contributed by atoms with Crippen molar-refractivity contribution in [3.05, 3.63) is 0 Å². The Bertz CT molecular complexity index is 172. The Morgan fingerprint density at radius 2 is 2.17 bits per heavy atom. The summed E-state index contributed by atoms with van der Waals surface area (Å²) in [5, 5.41) is 0.748. The average molecular weight is 185 g/mol. The number of carbonyl (C=O) groups is 1. The summed E-state index contributed by atoms with van der Waals surface area (Å²) in [6.07, 6.45) is 6.27. The van der Waals surface area contributed by atoms with Crippen molar-refractivity contribution in [3.63, 3.8) is 0 Å². The van der Waals surface area contributed by atoms with Crippen molar-refractivity contribution < 1.29 is 4.79 Å². The lowest BCUT2D eigenvalue weighted by molar-refractivity contribution is -0.120. The molecule has 1 saturated heterocycles. The molecule has 1 saturated carbocycles. The van der Waals surface area contributed by atoms with Crippen LogP contribution in [0.4, 0.5) is 0 Å². The van der Waals surface area contributed by atoms with E-state index in [1.165, 1.54) is 25.7 Å². The summed E-state index contributed by atoms with van der Waals surface area (Å²) < 4.78 is 0. The molecular weight excluding hydrogens is 170 g/mol. The summed E-state index contributed by atoms with van der Waals surface area (Å²) in [4.78, 5) is 12.7. The number of amides is 1. The summed E-state index contributed by atoms with van der Waals surface area (Å²) in [5.41, 5.74) is 0. The molecule has 2 fully saturated rings. The Labute approximate surface area is 77.7 Å². The van der Waals surface area contributed by atoms with Crippen molar-refractivity contribution in [2.24, 2.45) is 0 Å². The number of fused-ring (bicyclic) bond motifs is 1. The van der Waals surface area contributed by atoms with E-state index in [2.05, 4.69) is 11.8 Å². The van der Waals surface area contributed by atoms with Gasteiger partial charge in [0.05, 0.1) is 0 Å². The molecule has 2 aliphatic rings. The van der Waals surface area contributed by atoms with E-state index in [0.29, 0.717) is 6.04 Å². The summed E-state index contributed by atoms with van der Waals surface area (Å²) >= 11 is 2.07. The van der Waals surface area contributed by atoms with E-state index >= 15 is 0 Å². The zero-order valence-corrected chi connectivity index (χ0v) is 8.05. The van der Waals surface area contributed by atoms with Crippen molar-refractivity contribution in [2.75, 3.05) is 12.3 Å². The predicted octanol–water partition coefficient (Wildman–Crippen LogP) is 1.50. The highest BCUT2D eigenvalue weighted by Crippen LogP contribution is 2.34. The molecule has 2 nitrogen and oxygen atoms in total. The van der Waals surface area contributed by atoms with Gasteiger partial charge in [0.15, 0.2) is 0 Å². The van der Waals surface area contributed by atoms with Gasteiger partial charge < -0.3 is 4.90 Å². The van der Waals surface area contributed by atoms with Crippen LogP contribution >= 0.6 is 11.8 Å². The van der Waals surface area contributed by atoms with Gasteiger partial charge in [-0.2, -0.15) is 11.8 Å².